The highest BCUT2D eigenvalue weighted by atomic mass is 79.9. The van der Waals surface area contributed by atoms with Gasteiger partial charge in [-0.05, 0) is 17.7 Å². The van der Waals surface area contributed by atoms with E-state index in [1.54, 1.807) is 0 Å². The Kier molecular flexibility index (Phi) is 3.48. The molecule has 88 valence electrons. The normalized spacial score (nSPS) is 12.3. The van der Waals surface area contributed by atoms with Gasteiger partial charge in [0.05, 0.1) is 12.3 Å². The summed E-state index contributed by atoms with van der Waals surface area (Å²) in [5.41, 5.74) is 0.836. The average Bonchev–Trinajstić information content (AvgIpc) is 2.79. The number of hydrogen-bond donors (Lipinski definition) is 2. The zero-order valence-corrected chi connectivity index (χ0v) is 10.3. The number of carboxylic acid groups (broad SMARTS) is 1. The fourth-order valence-corrected chi connectivity index (χ4v) is 1.99. The summed E-state index contributed by atoms with van der Waals surface area (Å²) in [4.78, 5) is 10.9. The summed E-state index contributed by atoms with van der Waals surface area (Å²) in [6.07, 6.45) is -0.0734. The minimum absolute atomic E-state index is 0.0734. The Hall–Kier alpha value is -1.76. The largest absolute Gasteiger partial charge is 0.481 e. The van der Waals surface area contributed by atoms with Gasteiger partial charge in [-0.1, -0.05) is 33.3 Å². The van der Waals surface area contributed by atoms with Crippen molar-refractivity contribution in [2.24, 2.45) is 0 Å². The summed E-state index contributed by atoms with van der Waals surface area (Å²) in [6.45, 7) is 0. The van der Waals surface area contributed by atoms with Crippen LogP contribution in [-0.2, 0) is 4.79 Å². The van der Waals surface area contributed by atoms with E-state index in [-0.39, 0.29) is 6.42 Å². The Morgan fingerprint density at radius 3 is 2.94 bits per heavy atom. The van der Waals surface area contributed by atoms with Gasteiger partial charge < -0.3 is 5.11 Å². The second-order valence-corrected chi connectivity index (χ2v) is 4.39. The minimum Gasteiger partial charge on any atom is -0.481 e. The van der Waals surface area contributed by atoms with Gasteiger partial charge in [0.1, 0.15) is 0 Å². The molecule has 0 aliphatic rings. The number of rotatable bonds is 4. The van der Waals surface area contributed by atoms with Crippen LogP contribution in [0.15, 0.2) is 28.7 Å². The lowest BCUT2D eigenvalue weighted by Gasteiger charge is -2.11. The number of carboxylic acids is 1. The van der Waals surface area contributed by atoms with E-state index in [4.69, 9.17) is 5.11 Å². The quantitative estimate of drug-likeness (QED) is 0.893. The lowest BCUT2D eigenvalue weighted by atomic mass is 9.95. The van der Waals surface area contributed by atoms with Crippen LogP contribution in [0.25, 0.3) is 0 Å². The molecule has 2 N–H and O–H groups in total. The predicted molar refractivity (Wildman–Crippen MR) is 62.4 cm³/mol. The number of tetrazole rings is 1. The summed E-state index contributed by atoms with van der Waals surface area (Å²) in [5, 5.41) is 22.4. The molecule has 0 amide bonds. The lowest BCUT2D eigenvalue weighted by molar-refractivity contribution is -0.137. The van der Waals surface area contributed by atoms with Crippen LogP contribution < -0.4 is 0 Å². The molecule has 7 heteroatoms. The second kappa shape index (κ2) is 5.05. The Labute approximate surface area is 105 Å². The molecule has 1 heterocycles. The summed E-state index contributed by atoms with van der Waals surface area (Å²) in [6, 6.07) is 7.41. The van der Waals surface area contributed by atoms with Crippen LogP contribution in [0.5, 0.6) is 0 Å². The minimum atomic E-state index is -0.903. The number of aromatic nitrogens is 4. The van der Waals surface area contributed by atoms with Crippen molar-refractivity contribution in [1.82, 2.24) is 20.6 Å². The van der Waals surface area contributed by atoms with Gasteiger partial charge in [0.25, 0.3) is 0 Å². The van der Waals surface area contributed by atoms with Crippen LogP contribution in [0.2, 0.25) is 0 Å². The van der Waals surface area contributed by atoms with E-state index < -0.39 is 11.9 Å². The number of halogens is 1. The molecule has 17 heavy (non-hydrogen) atoms. The number of aromatic amines is 1. The Morgan fingerprint density at radius 2 is 2.35 bits per heavy atom. The highest BCUT2D eigenvalue weighted by molar-refractivity contribution is 9.10. The molecule has 0 bridgehead atoms. The van der Waals surface area contributed by atoms with E-state index in [1.165, 1.54) is 0 Å². The van der Waals surface area contributed by atoms with Gasteiger partial charge in [-0.3, -0.25) is 4.79 Å². The average molecular weight is 297 g/mol. The number of H-pyrrole nitrogens is 1. The molecule has 1 atom stereocenters. The van der Waals surface area contributed by atoms with Gasteiger partial charge in [-0.25, -0.2) is 0 Å². The van der Waals surface area contributed by atoms with Gasteiger partial charge in [0.2, 0.25) is 0 Å². The summed E-state index contributed by atoms with van der Waals surface area (Å²) in [5.74, 6) is -0.922. The number of nitrogens with one attached hydrogen (secondary N) is 1. The van der Waals surface area contributed by atoms with Crippen molar-refractivity contribution in [3.8, 4) is 0 Å². The van der Waals surface area contributed by atoms with E-state index in [0.29, 0.717) is 5.82 Å². The van der Waals surface area contributed by atoms with E-state index in [0.717, 1.165) is 10.0 Å². The third-order valence-electron chi connectivity index (χ3n) is 2.30. The fraction of sp³-hybridized carbons (Fsp3) is 0.200. The molecule has 0 saturated carbocycles. The molecule has 1 aromatic carbocycles. The number of nitrogens with zero attached hydrogens (tertiary/aromatic N) is 3. The number of hydrogen-bond acceptors (Lipinski definition) is 4. The van der Waals surface area contributed by atoms with Crippen LogP contribution in [0, 0.1) is 0 Å². The number of aliphatic carboxylic acids is 1. The van der Waals surface area contributed by atoms with Crippen LogP contribution in [0.3, 0.4) is 0 Å². The van der Waals surface area contributed by atoms with Gasteiger partial charge in [-0.15, -0.1) is 10.2 Å². The highest BCUT2D eigenvalue weighted by Crippen LogP contribution is 2.26. The molecule has 0 spiro atoms. The van der Waals surface area contributed by atoms with Crippen LogP contribution in [0.4, 0.5) is 0 Å². The van der Waals surface area contributed by atoms with Gasteiger partial charge in [0, 0.05) is 4.47 Å². The lowest BCUT2D eigenvalue weighted by Crippen LogP contribution is -2.09. The number of carbonyl (C=O) groups is 1. The first-order valence-corrected chi connectivity index (χ1v) is 5.66. The molecule has 6 nitrogen and oxygen atoms in total. The Balaban J connectivity index is 2.36. The molecule has 2 aromatic rings. The third kappa shape index (κ3) is 2.88. The van der Waals surface area contributed by atoms with Crippen LogP contribution in [0.1, 0.15) is 23.7 Å². The Morgan fingerprint density at radius 1 is 1.53 bits per heavy atom. The summed E-state index contributed by atoms with van der Waals surface area (Å²) in [7, 11) is 0. The van der Waals surface area contributed by atoms with E-state index >= 15 is 0 Å². The maximum absolute atomic E-state index is 10.9. The first-order valence-electron chi connectivity index (χ1n) is 4.87. The van der Waals surface area contributed by atoms with Crippen molar-refractivity contribution >= 4 is 21.9 Å². The summed E-state index contributed by atoms with van der Waals surface area (Å²) >= 11 is 3.35. The van der Waals surface area contributed by atoms with E-state index in [1.807, 2.05) is 24.3 Å². The zero-order valence-electron chi connectivity index (χ0n) is 8.67. The molecule has 0 aliphatic carbocycles. The monoisotopic (exact) mass is 296 g/mol. The molecule has 0 unspecified atom stereocenters. The van der Waals surface area contributed by atoms with Crippen LogP contribution in [-0.4, -0.2) is 31.7 Å². The fourth-order valence-electron chi connectivity index (χ4n) is 1.57. The number of benzene rings is 1. The second-order valence-electron chi connectivity index (χ2n) is 3.48. The molecule has 0 aliphatic heterocycles. The third-order valence-corrected chi connectivity index (χ3v) is 2.80. The van der Waals surface area contributed by atoms with E-state index in [9.17, 15) is 4.79 Å². The molecular formula is C10H9BrN4O2. The van der Waals surface area contributed by atoms with Crippen molar-refractivity contribution in [2.45, 2.75) is 12.3 Å². The smallest absolute Gasteiger partial charge is 0.304 e. The van der Waals surface area contributed by atoms with Crippen molar-refractivity contribution in [1.29, 1.82) is 0 Å². The predicted octanol–water partition coefficient (Wildman–Crippen LogP) is 1.57. The highest BCUT2D eigenvalue weighted by Gasteiger charge is 2.21. The molecular weight excluding hydrogens is 288 g/mol. The van der Waals surface area contributed by atoms with Gasteiger partial charge in [0.15, 0.2) is 5.82 Å². The van der Waals surface area contributed by atoms with Gasteiger partial charge >= 0.3 is 5.97 Å². The SMILES string of the molecule is O=C(O)C[C@@H](c1cccc(Br)c1)c1nn[nH]n1. The molecule has 0 saturated heterocycles. The van der Waals surface area contributed by atoms with Gasteiger partial charge in [-0.2, -0.15) is 5.21 Å². The van der Waals surface area contributed by atoms with Crippen molar-refractivity contribution < 1.29 is 9.90 Å². The molecule has 1 aromatic heterocycles. The first-order chi connectivity index (χ1) is 8.16. The summed E-state index contributed by atoms with van der Waals surface area (Å²) < 4.78 is 0.883. The maximum atomic E-state index is 10.9. The molecule has 0 fully saturated rings. The van der Waals surface area contributed by atoms with Crippen LogP contribution >= 0.6 is 15.9 Å². The van der Waals surface area contributed by atoms with Crippen molar-refractivity contribution in [2.75, 3.05) is 0 Å². The van der Waals surface area contributed by atoms with Crippen molar-refractivity contribution in [3.05, 3.63) is 40.1 Å². The Bertz CT molecular complexity index is 515. The zero-order chi connectivity index (χ0) is 12.3. The maximum Gasteiger partial charge on any atom is 0.304 e. The first kappa shape index (κ1) is 11.7. The molecule has 2 rings (SSSR count). The molecule has 0 radical (unpaired) electrons. The standard InChI is InChI=1S/C10H9BrN4O2/c11-7-3-1-2-6(4-7)8(5-9(16)17)10-12-14-15-13-10/h1-4,8H,5H2,(H,16,17)(H,12,13,14,15)/t8-/m0/s1. The topological polar surface area (TPSA) is 91.8 Å². The van der Waals surface area contributed by atoms with Crippen molar-refractivity contribution in [3.63, 3.8) is 0 Å². The van der Waals surface area contributed by atoms with E-state index in [2.05, 4.69) is 36.6 Å².